The molecule has 7 nitrogen and oxygen atoms in total. The number of hydrogen-bond acceptors (Lipinski definition) is 5. The predicted molar refractivity (Wildman–Crippen MR) is 110 cm³/mol. The van der Waals surface area contributed by atoms with E-state index in [9.17, 15) is 9.59 Å². The van der Waals surface area contributed by atoms with Crippen LogP contribution in [0.25, 0.3) is 0 Å². The van der Waals surface area contributed by atoms with Gasteiger partial charge in [0.15, 0.2) is 5.76 Å². The van der Waals surface area contributed by atoms with Gasteiger partial charge in [-0.05, 0) is 48.5 Å². The molecule has 0 radical (unpaired) electrons. The Morgan fingerprint density at radius 3 is 2.38 bits per heavy atom. The van der Waals surface area contributed by atoms with Gasteiger partial charge >= 0.3 is 0 Å². The predicted octanol–water partition coefficient (Wildman–Crippen LogP) is 4.10. The Morgan fingerprint density at radius 1 is 0.931 bits per heavy atom. The Kier molecular flexibility index (Phi) is 6.19. The van der Waals surface area contributed by atoms with E-state index in [0.717, 1.165) is 5.56 Å². The zero-order valence-electron chi connectivity index (χ0n) is 16.4. The molecule has 0 saturated heterocycles. The molecule has 1 aromatic heterocycles. The quantitative estimate of drug-likeness (QED) is 0.630. The maximum absolute atomic E-state index is 12.5. The average Bonchev–Trinajstić information content (AvgIpc) is 3.16. The van der Waals surface area contributed by atoms with E-state index in [1.165, 1.54) is 6.92 Å². The van der Waals surface area contributed by atoms with E-state index in [0.29, 0.717) is 35.1 Å². The number of anilines is 2. The summed E-state index contributed by atoms with van der Waals surface area (Å²) in [5.41, 5.74) is 2.03. The van der Waals surface area contributed by atoms with Crippen LogP contribution in [0.15, 0.2) is 59.0 Å². The second-order valence-corrected chi connectivity index (χ2v) is 6.34. The lowest BCUT2D eigenvalue weighted by molar-refractivity contribution is -0.114. The van der Waals surface area contributed by atoms with Gasteiger partial charge in [0.25, 0.3) is 5.91 Å². The number of amides is 2. The Balaban J connectivity index is 1.72. The first-order valence-electron chi connectivity index (χ1n) is 8.97. The summed E-state index contributed by atoms with van der Waals surface area (Å²) in [6.07, 6.45) is 0.450. The van der Waals surface area contributed by atoms with Crippen LogP contribution in [0.5, 0.6) is 11.5 Å². The molecule has 2 N–H and O–H groups in total. The molecule has 3 rings (SSSR count). The van der Waals surface area contributed by atoms with E-state index in [4.69, 9.17) is 13.9 Å². The minimum Gasteiger partial charge on any atom is -0.497 e. The van der Waals surface area contributed by atoms with Crippen LogP contribution < -0.4 is 20.1 Å². The van der Waals surface area contributed by atoms with Gasteiger partial charge in [0, 0.05) is 30.3 Å². The highest BCUT2D eigenvalue weighted by Crippen LogP contribution is 2.27. The van der Waals surface area contributed by atoms with Crippen molar-refractivity contribution in [3.63, 3.8) is 0 Å². The first-order valence-corrected chi connectivity index (χ1v) is 8.97. The van der Waals surface area contributed by atoms with Crippen molar-refractivity contribution in [2.45, 2.75) is 13.3 Å². The number of carbonyl (C=O) groups is 2. The summed E-state index contributed by atoms with van der Waals surface area (Å²) in [5.74, 6) is 1.67. The van der Waals surface area contributed by atoms with Crippen molar-refractivity contribution >= 4 is 23.2 Å². The normalized spacial score (nSPS) is 10.3. The fourth-order valence-electron chi connectivity index (χ4n) is 2.87. The Labute approximate surface area is 168 Å². The van der Waals surface area contributed by atoms with Crippen LogP contribution in [0.3, 0.4) is 0 Å². The Hall–Kier alpha value is -3.74. The molecule has 0 unspecified atom stereocenters. The van der Waals surface area contributed by atoms with Gasteiger partial charge in [-0.2, -0.15) is 0 Å². The Bertz CT molecular complexity index is 1030. The largest absolute Gasteiger partial charge is 0.497 e. The summed E-state index contributed by atoms with van der Waals surface area (Å²) in [6.45, 7) is 1.42. The number of furan rings is 1. The summed E-state index contributed by atoms with van der Waals surface area (Å²) in [5, 5.41) is 5.44. The molecule has 0 bridgehead atoms. The number of methoxy groups -OCH3 is 2. The zero-order valence-corrected chi connectivity index (χ0v) is 16.4. The van der Waals surface area contributed by atoms with Crippen LogP contribution >= 0.6 is 0 Å². The van der Waals surface area contributed by atoms with Gasteiger partial charge in [0.1, 0.15) is 17.3 Å². The highest BCUT2D eigenvalue weighted by molar-refractivity contribution is 6.02. The Morgan fingerprint density at radius 2 is 1.69 bits per heavy atom. The molecule has 0 spiro atoms. The van der Waals surface area contributed by atoms with Crippen molar-refractivity contribution in [2.24, 2.45) is 0 Å². The second-order valence-electron chi connectivity index (χ2n) is 6.34. The second kappa shape index (κ2) is 8.97. The third kappa shape index (κ3) is 5.16. The number of nitrogens with one attached hydrogen (secondary N) is 2. The van der Waals surface area contributed by atoms with Crippen LogP contribution in [0.2, 0.25) is 0 Å². The van der Waals surface area contributed by atoms with Gasteiger partial charge in [-0.1, -0.05) is 6.07 Å². The van der Waals surface area contributed by atoms with Crippen molar-refractivity contribution in [2.75, 3.05) is 24.9 Å². The molecular weight excluding hydrogens is 372 g/mol. The van der Waals surface area contributed by atoms with Crippen molar-refractivity contribution in [1.29, 1.82) is 0 Å². The maximum atomic E-state index is 12.5. The van der Waals surface area contributed by atoms with Crippen LogP contribution in [0.4, 0.5) is 11.4 Å². The first-order chi connectivity index (χ1) is 14.0. The minimum absolute atomic E-state index is 0.183. The summed E-state index contributed by atoms with van der Waals surface area (Å²) >= 11 is 0. The number of carbonyl (C=O) groups excluding carboxylic acids is 2. The summed E-state index contributed by atoms with van der Waals surface area (Å²) in [6, 6.07) is 15.8. The topological polar surface area (TPSA) is 89.8 Å². The molecule has 1 heterocycles. The van der Waals surface area contributed by atoms with Gasteiger partial charge in [0.2, 0.25) is 5.91 Å². The standard InChI is InChI=1S/C22H22N2O5/c1-14(25)23-16-5-4-6-17(13-16)24-22(26)21-10-8-19(29-21)12-15-11-18(27-2)7-9-20(15)28-3/h4-11,13H,12H2,1-3H3,(H,23,25)(H,24,26). The molecule has 0 aliphatic carbocycles. The average molecular weight is 394 g/mol. The minimum atomic E-state index is -0.381. The number of benzene rings is 2. The lowest BCUT2D eigenvalue weighted by Gasteiger charge is -2.09. The highest BCUT2D eigenvalue weighted by Gasteiger charge is 2.14. The fourth-order valence-corrected chi connectivity index (χ4v) is 2.87. The first kappa shape index (κ1) is 20.0. The summed E-state index contributed by atoms with van der Waals surface area (Å²) in [4.78, 5) is 23.7. The van der Waals surface area contributed by atoms with E-state index < -0.39 is 0 Å². The molecule has 0 atom stereocenters. The lowest BCUT2D eigenvalue weighted by atomic mass is 10.1. The monoisotopic (exact) mass is 394 g/mol. The summed E-state index contributed by atoms with van der Waals surface area (Å²) < 4.78 is 16.4. The van der Waals surface area contributed by atoms with Gasteiger partial charge in [0.05, 0.1) is 14.2 Å². The van der Waals surface area contributed by atoms with E-state index in [1.807, 2.05) is 18.2 Å². The van der Waals surface area contributed by atoms with Gasteiger partial charge in [-0.3, -0.25) is 9.59 Å². The maximum Gasteiger partial charge on any atom is 0.291 e. The van der Waals surface area contributed by atoms with Crippen LogP contribution in [-0.4, -0.2) is 26.0 Å². The molecular formula is C22H22N2O5. The zero-order chi connectivity index (χ0) is 20.8. The third-order valence-corrected chi connectivity index (χ3v) is 4.18. The molecule has 2 amide bonds. The summed E-state index contributed by atoms with van der Waals surface area (Å²) in [7, 11) is 3.20. The SMILES string of the molecule is COc1ccc(OC)c(Cc2ccc(C(=O)Nc3cccc(NC(C)=O)c3)o2)c1. The molecule has 0 aliphatic heterocycles. The van der Waals surface area contributed by atoms with Crippen molar-refractivity contribution in [3.8, 4) is 11.5 Å². The molecule has 0 aliphatic rings. The van der Waals surface area contributed by atoms with E-state index in [-0.39, 0.29) is 17.6 Å². The molecule has 0 fully saturated rings. The molecule has 0 saturated carbocycles. The molecule has 29 heavy (non-hydrogen) atoms. The number of ether oxygens (including phenoxy) is 2. The van der Waals surface area contributed by atoms with Crippen LogP contribution in [0.1, 0.15) is 28.8 Å². The number of rotatable bonds is 7. The van der Waals surface area contributed by atoms with Gasteiger partial charge in [-0.25, -0.2) is 0 Å². The molecule has 7 heteroatoms. The van der Waals surface area contributed by atoms with E-state index >= 15 is 0 Å². The van der Waals surface area contributed by atoms with Crippen molar-refractivity contribution in [1.82, 2.24) is 0 Å². The number of hydrogen-bond donors (Lipinski definition) is 2. The van der Waals surface area contributed by atoms with Gasteiger partial charge < -0.3 is 24.5 Å². The molecule has 150 valence electrons. The van der Waals surface area contributed by atoms with E-state index in [1.54, 1.807) is 50.6 Å². The highest BCUT2D eigenvalue weighted by atomic mass is 16.5. The fraction of sp³-hybridized carbons (Fsp3) is 0.182. The van der Waals surface area contributed by atoms with E-state index in [2.05, 4.69) is 10.6 Å². The molecule has 2 aromatic carbocycles. The smallest absolute Gasteiger partial charge is 0.291 e. The molecule has 3 aromatic rings. The lowest BCUT2D eigenvalue weighted by Crippen LogP contribution is -2.11. The van der Waals surface area contributed by atoms with Crippen LogP contribution in [-0.2, 0) is 11.2 Å². The van der Waals surface area contributed by atoms with Crippen molar-refractivity contribution < 1.29 is 23.5 Å². The van der Waals surface area contributed by atoms with Crippen molar-refractivity contribution in [3.05, 3.63) is 71.7 Å². The third-order valence-electron chi connectivity index (χ3n) is 4.18. The van der Waals surface area contributed by atoms with Gasteiger partial charge in [-0.15, -0.1) is 0 Å². The van der Waals surface area contributed by atoms with Crippen LogP contribution in [0, 0.1) is 0 Å².